The van der Waals surface area contributed by atoms with Crippen molar-refractivity contribution in [1.82, 2.24) is 15.4 Å². The SMILES string of the molecule is CCc1sc(-c2ccc(C(F)(F)F)cn2)nc1/C(=N/NC(C)OC(=O)OCC(C)(C)C(=O)O)C(=N)C#N. The van der Waals surface area contributed by atoms with Crippen LogP contribution >= 0.6 is 11.3 Å². The summed E-state index contributed by atoms with van der Waals surface area (Å²) in [4.78, 5) is 31.7. The molecule has 0 saturated heterocycles. The summed E-state index contributed by atoms with van der Waals surface area (Å²) in [5, 5.41) is 30.6. The summed E-state index contributed by atoms with van der Waals surface area (Å²) >= 11 is 1.12. The Kier molecular flexibility index (Phi) is 9.29. The van der Waals surface area contributed by atoms with Gasteiger partial charge in [0.25, 0.3) is 0 Å². The van der Waals surface area contributed by atoms with Crippen LogP contribution in [0.5, 0.6) is 0 Å². The summed E-state index contributed by atoms with van der Waals surface area (Å²) in [6, 6.07) is 3.69. The number of alkyl halides is 3. The van der Waals surface area contributed by atoms with Crippen molar-refractivity contribution in [2.45, 2.75) is 46.5 Å². The molecule has 1 unspecified atom stereocenters. The van der Waals surface area contributed by atoms with Crippen molar-refractivity contribution in [3.05, 3.63) is 34.5 Å². The molecule has 0 radical (unpaired) electrons. The molecular formula is C22H23F3N6O5S. The van der Waals surface area contributed by atoms with Gasteiger partial charge in [0.2, 0.25) is 0 Å². The molecule has 2 heterocycles. The molecular weight excluding hydrogens is 517 g/mol. The van der Waals surface area contributed by atoms with Crippen LogP contribution in [0.25, 0.3) is 10.7 Å². The van der Waals surface area contributed by atoms with E-state index in [1.807, 2.05) is 0 Å². The van der Waals surface area contributed by atoms with E-state index in [1.54, 1.807) is 13.0 Å². The van der Waals surface area contributed by atoms with Crippen LogP contribution in [0.15, 0.2) is 23.4 Å². The van der Waals surface area contributed by atoms with E-state index in [9.17, 15) is 28.0 Å². The topological polar surface area (TPSA) is 171 Å². The van der Waals surface area contributed by atoms with E-state index in [0.717, 1.165) is 17.4 Å². The van der Waals surface area contributed by atoms with Crippen molar-refractivity contribution in [2.24, 2.45) is 10.5 Å². The highest BCUT2D eigenvalue weighted by atomic mass is 32.1. The van der Waals surface area contributed by atoms with Crippen molar-refractivity contribution in [3.8, 4) is 16.8 Å². The maximum Gasteiger partial charge on any atom is 0.510 e. The third-order valence-electron chi connectivity index (χ3n) is 4.66. The fourth-order valence-corrected chi connectivity index (χ4v) is 3.49. The van der Waals surface area contributed by atoms with Gasteiger partial charge in [0.15, 0.2) is 11.9 Å². The van der Waals surface area contributed by atoms with Crippen LogP contribution in [0.2, 0.25) is 0 Å². The second kappa shape index (κ2) is 11.8. The molecule has 0 fully saturated rings. The molecule has 198 valence electrons. The predicted octanol–water partition coefficient (Wildman–Crippen LogP) is 4.23. The molecule has 2 aromatic heterocycles. The number of aliphatic carboxylic acids is 1. The largest absolute Gasteiger partial charge is 0.510 e. The van der Waals surface area contributed by atoms with Gasteiger partial charge in [0.05, 0.1) is 16.7 Å². The molecule has 0 aromatic carbocycles. The first-order valence-electron chi connectivity index (χ1n) is 10.6. The van der Waals surface area contributed by atoms with Crippen molar-refractivity contribution in [2.75, 3.05) is 6.61 Å². The molecule has 0 aliphatic heterocycles. The van der Waals surface area contributed by atoms with Gasteiger partial charge in [-0.25, -0.2) is 9.78 Å². The number of ether oxygens (including phenoxy) is 2. The molecule has 0 amide bonds. The number of hydrazone groups is 1. The second-order valence-corrected chi connectivity index (χ2v) is 9.22. The summed E-state index contributed by atoms with van der Waals surface area (Å²) in [7, 11) is 0. The van der Waals surface area contributed by atoms with E-state index in [4.69, 9.17) is 20.0 Å². The molecule has 37 heavy (non-hydrogen) atoms. The normalized spacial score (nSPS) is 12.9. The minimum absolute atomic E-state index is 0.140. The monoisotopic (exact) mass is 540 g/mol. The minimum Gasteiger partial charge on any atom is -0.481 e. The third kappa shape index (κ3) is 7.71. The van der Waals surface area contributed by atoms with Crippen LogP contribution in [-0.2, 0) is 26.9 Å². The van der Waals surface area contributed by atoms with E-state index in [0.29, 0.717) is 17.5 Å². The van der Waals surface area contributed by atoms with Crippen LogP contribution in [-0.4, -0.2) is 51.5 Å². The maximum absolute atomic E-state index is 12.8. The third-order valence-corrected chi connectivity index (χ3v) is 5.88. The summed E-state index contributed by atoms with van der Waals surface area (Å²) < 4.78 is 48.3. The van der Waals surface area contributed by atoms with Crippen LogP contribution in [0.3, 0.4) is 0 Å². The minimum atomic E-state index is -4.54. The van der Waals surface area contributed by atoms with Crippen molar-refractivity contribution in [3.63, 3.8) is 0 Å². The molecule has 0 saturated carbocycles. The van der Waals surface area contributed by atoms with E-state index in [1.165, 1.54) is 26.8 Å². The Morgan fingerprint density at radius 2 is 2.03 bits per heavy atom. The number of carbonyl (C=O) groups is 2. The number of thiazole rings is 1. The van der Waals surface area contributed by atoms with Crippen LogP contribution < -0.4 is 5.43 Å². The Morgan fingerprint density at radius 3 is 2.54 bits per heavy atom. The van der Waals surface area contributed by atoms with Crippen LogP contribution in [0.4, 0.5) is 18.0 Å². The first kappa shape index (κ1) is 29.2. The molecule has 0 spiro atoms. The smallest absolute Gasteiger partial charge is 0.481 e. The number of carboxylic acid groups (broad SMARTS) is 1. The number of carboxylic acids is 1. The van der Waals surface area contributed by atoms with Gasteiger partial charge in [0.1, 0.15) is 29.1 Å². The number of nitrogens with one attached hydrogen (secondary N) is 2. The first-order chi connectivity index (χ1) is 17.2. The average molecular weight is 541 g/mol. The zero-order chi connectivity index (χ0) is 28.0. The molecule has 3 N–H and O–H groups in total. The lowest BCUT2D eigenvalue weighted by atomic mass is 9.95. The van der Waals surface area contributed by atoms with E-state index in [-0.39, 0.29) is 22.1 Å². The molecule has 0 bridgehead atoms. The van der Waals surface area contributed by atoms with E-state index >= 15 is 0 Å². The Morgan fingerprint density at radius 1 is 1.35 bits per heavy atom. The van der Waals surface area contributed by atoms with E-state index < -0.39 is 47.8 Å². The van der Waals surface area contributed by atoms with Gasteiger partial charge >= 0.3 is 18.3 Å². The lowest BCUT2D eigenvalue weighted by Gasteiger charge is -2.19. The number of pyridine rings is 1. The summed E-state index contributed by atoms with van der Waals surface area (Å²) in [5.74, 6) is -1.17. The lowest BCUT2D eigenvalue weighted by Crippen LogP contribution is -2.33. The fourth-order valence-electron chi connectivity index (χ4n) is 2.52. The number of nitrogens with zero attached hydrogens (tertiary/aromatic N) is 4. The lowest BCUT2D eigenvalue weighted by molar-refractivity contribution is -0.149. The van der Waals surface area contributed by atoms with Gasteiger partial charge in [-0.3, -0.25) is 20.6 Å². The summed E-state index contributed by atoms with van der Waals surface area (Å²) in [6.07, 6.45) is -5.73. The van der Waals surface area contributed by atoms with Gasteiger partial charge in [-0.2, -0.15) is 23.5 Å². The van der Waals surface area contributed by atoms with Crippen LogP contribution in [0.1, 0.15) is 43.8 Å². The average Bonchev–Trinajstić information content (AvgIpc) is 3.26. The first-order valence-corrected chi connectivity index (χ1v) is 11.4. The standard InChI is InChI=1S/C22H23F3N6O5S/c1-5-15-17(29-18(37-15)14-7-6-12(9-28-14)22(23,24)25)16(13(27)8-26)31-30-11(2)36-20(34)35-10-21(3,4)19(32)33/h6-7,9,11,27,30H,5,10H2,1-4H3,(H,32,33)/b27-13?,31-16+. The van der Waals surface area contributed by atoms with Gasteiger partial charge in [-0.1, -0.05) is 6.92 Å². The van der Waals surface area contributed by atoms with Gasteiger partial charge in [0, 0.05) is 11.1 Å². The van der Waals surface area contributed by atoms with Gasteiger partial charge in [-0.15, -0.1) is 11.3 Å². The summed E-state index contributed by atoms with van der Waals surface area (Å²) in [5.41, 5.74) is -0.250. The molecule has 0 aliphatic rings. The van der Waals surface area contributed by atoms with Crippen molar-refractivity contribution >= 4 is 34.9 Å². The summed E-state index contributed by atoms with van der Waals surface area (Å²) in [6.45, 7) is 5.44. The number of aromatic nitrogens is 2. The number of nitriles is 1. The quantitative estimate of drug-likeness (QED) is 0.173. The number of hydrogen-bond acceptors (Lipinski definition) is 11. The molecule has 0 aliphatic carbocycles. The molecule has 15 heteroatoms. The molecule has 2 rings (SSSR count). The number of rotatable bonds is 10. The second-order valence-electron chi connectivity index (χ2n) is 8.14. The number of halogens is 3. The van der Waals surface area contributed by atoms with Crippen molar-refractivity contribution in [1.29, 1.82) is 10.7 Å². The van der Waals surface area contributed by atoms with Gasteiger partial charge < -0.3 is 14.6 Å². The molecule has 11 nitrogen and oxygen atoms in total. The van der Waals surface area contributed by atoms with Crippen molar-refractivity contribution < 1.29 is 37.3 Å². The number of hydrogen-bond donors (Lipinski definition) is 3. The molecule has 2 aromatic rings. The number of aryl methyl sites for hydroxylation is 1. The van der Waals surface area contributed by atoms with E-state index in [2.05, 4.69) is 20.5 Å². The molecule has 1 atom stereocenters. The highest BCUT2D eigenvalue weighted by molar-refractivity contribution is 7.15. The highest BCUT2D eigenvalue weighted by Gasteiger charge is 2.31. The predicted molar refractivity (Wildman–Crippen MR) is 126 cm³/mol. The Bertz CT molecular complexity index is 1230. The number of carbonyl (C=O) groups excluding carboxylic acids is 1. The van der Waals surface area contributed by atoms with Gasteiger partial charge in [-0.05, 0) is 39.3 Å². The fraction of sp³-hybridized carbons (Fsp3) is 0.409. The highest BCUT2D eigenvalue weighted by Crippen LogP contribution is 2.32. The maximum atomic E-state index is 12.8. The Balaban J connectivity index is 2.24. The zero-order valence-electron chi connectivity index (χ0n) is 20.1. The van der Waals surface area contributed by atoms with Crippen LogP contribution in [0, 0.1) is 22.2 Å². The Labute approximate surface area is 213 Å². The Hall–Kier alpha value is -4.06. The zero-order valence-corrected chi connectivity index (χ0v) is 21.0.